The Hall–Kier alpha value is -1.87. The quantitative estimate of drug-likeness (QED) is 0.730. The molecule has 2 fully saturated rings. The first-order chi connectivity index (χ1) is 11.7. The molecule has 1 saturated carbocycles. The summed E-state index contributed by atoms with van der Waals surface area (Å²) in [5.41, 5.74) is 0. The molecule has 4 rings (SSSR count). The lowest BCUT2D eigenvalue weighted by Gasteiger charge is -2.23. The minimum Gasteiger partial charge on any atom is -0.339 e. The highest BCUT2D eigenvalue weighted by atomic mass is 16.5. The van der Waals surface area contributed by atoms with Crippen molar-refractivity contribution >= 4 is 0 Å². The van der Waals surface area contributed by atoms with Crippen LogP contribution in [-0.4, -0.2) is 66.3 Å². The van der Waals surface area contributed by atoms with Crippen LogP contribution in [0.2, 0.25) is 0 Å². The summed E-state index contributed by atoms with van der Waals surface area (Å²) in [6, 6.07) is 1.03. The number of rotatable bonds is 7. The van der Waals surface area contributed by atoms with Gasteiger partial charge in [0.15, 0.2) is 11.6 Å². The monoisotopic (exact) mass is 332 g/mol. The summed E-state index contributed by atoms with van der Waals surface area (Å²) in [5, 5.41) is 16.2. The zero-order valence-electron chi connectivity index (χ0n) is 14.3. The van der Waals surface area contributed by atoms with E-state index in [4.69, 9.17) is 4.52 Å². The zero-order chi connectivity index (χ0) is 16.5. The lowest BCUT2D eigenvalue weighted by molar-refractivity contribution is 0.213. The van der Waals surface area contributed by atoms with Crippen molar-refractivity contribution in [3.05, 3.63) is 17.5 Å². The smallest absolute Gasteiger partial charge is 0.226 e. The molecular weight excluding hydrogens is 308 g/mol. The Morgan fingerprint density at radius 2 is 2.17 bits per heavy atom. The van der Waals surface area contributed by atoms with Crippen molar-refractivity contribution in [3.8, 4) is 0 Å². The van der Waals surface area contributed by atoms with Crippen LogP contribution >= 0.6 is 0 Å². The molecule has 9 heteroatoms. The van der Waals surface area contributed by atoms with Crippen LogP contribution in [-0.2, 0) is 19.5 Å². The molecule has 2 aliphatic rings. The van der Waals surface area contributed by atoms with E-state index < -0.39 is 0 Å². The fourth-order valence-corrected chi connectivity index (χ4v) is 3.28. The van der Waals surface area contributed by atoms with Gasteiger partial charge in [-0.05, 0) is 36.7 Å². The Kier molecular flexibility index (Phi) is 4.28. The molecule has 2 aromatic heterocycles. The molecule has 0 radical (unpaired) electrons. The number of tetrazole rings is 1. The molecule has 0 aromatic carbocycles. The van der Waals surface area contributed by atoms with Gasteiger partial charge in [0, 0.05) is 25.6 Å². The molecule has 130 valence electrons. The van der Waals surface area contributed by atoms with Crippen molar-refractivity contribution in [2.24, 2.45) is 0 Å². The Morgan fingerprint density at radius 1 is 1.29 bits per heavy atom. The second-order valence-electron chi connectivity index (χ2n) is 6.82. The molecule has 0 N–H and O–H groups in total. The number of likely N-dealkylation sites (tertiary alicyclic amines) is 1. The van der Waals surface area contributed by atoms with Crippen LogP contribution in [0.5, 0.6) is 0 Å². The molecule has 2 aromatic rings. The van der Waals surface area contributed by atoms with Crippen molar-refractivity contribution in [2.75, 3.05) is 20.1 Å². The average molecular weight is 332 g/mol. The maximum Gasteiger partial charge on any atom is 0.226 e. The molecule has 0 unspecified atom stereocenters. The van der Waals surface area contributed by atoms with E-state index in [-0.39, 0.29) is 0 Å². The average Bonchev–Trinajstić information content (AvgIpc) is 3.01. The topological polar surface area (TPSA) is 89.0 Å². The normalized spacial score (nSPS) is 21.9. The first-order valence-corrected chi connectivity index (χ1v) is 8.73. The summed E-state index contributed by atoms with van der Waals surface area (Å²) < 4.78 is 7.19. The SMILES string of the molecule is CCc1nc(CN(C)[C@H]2CCN(Cc3nnnn3C3CC3)C2)no1. The van der Waals surface area contributed by atoms with Gasteiger partial charge in [0.2, 0.25) is 5.89 Å². The third-order valence-electron chi connectivity index (χ3n) is 4.89. The van der Waals surface area contributed by atoms with E-state index >= 15 is 0 Å². The highest BCUT2D eigenvalue weighted by Gasteiger charge is 2.31. The second-order valence-corrected chi connectivity index (χ2v) is 6.82. The van der Waals surface area contributed by atoms with E-state index in [1.54, 1.807) is 0 Å². The van der Waals surface area contributed by atoms with Gasteiger partial charge < -0.3 is 4.52 Å². The molecule has 1 aliphatic carbocycles. The van der Waals surface area contributed by atoms with Crippen molar-refractivity contribution in [1.82, 2.24) is 40.1 Å². The van der Waals surface area contributed by atoms with Gasteiger partial charge >= 0.3 is 0 Å². The van der Waals surface area contributed by atoms with Crippen molar-refractivity contribution in [2.45, 2.75) is 57.8 Å². The van der Waals surface area contributed by atoms with Gasteiger partial charge in [-0.25, -0.2) is 4.68 Å². The van der Waals surface area contributed by atoms with Gasteiger partial charge in [0.1, 0.15) is 0 Å². The molecule has 0 bridgehead atoms. The molecule has 0 spiro atoms. The zero-order valence-corrected chi connectivity index (χ0v) is 14.3. The van der Waals surface area contributed by atoms with Crippen LogP contribution in [0.4, 0.5) is 0 Å². The largest absolute Gasteiger partial charge is 0.339 e. The van der Waals surface area contributed by atoms with Crippen LogP contribution in [0.25, 0.3) is 0 Å². The fourth-order valence-electron chi connectivity index (χ4n) is 3.28. The van der Waals surface area contributed by atoms with E-state index in [1.165, 1.54) is 12.8 Å². The molecule has 9 nitrogen and oxygen atoms in total. The first kappa shape index (κ1) is 15.6. The highest BCUT2D eigenvalue weighted by molar-refractivity contribution is 4.93. The summed E-state index contributed by atoms with van der Waals surface area (Å²) in [6.45, 7) is 5.66. The van der Waals surface area contributed by atoms with E-state index in [1.807, 2.05) is 11.6 Å². The highest BCUT2D eigenvalue weighted by Crippen LogP contribution is 2.34. The summed E-state index contributed by atoms with van der Waals surface area (Å²) in [5.74, 6) is 2.47. The van der Waals surface area contributed by atoms with Crippen LogP contribution in [0.1, 0.15) is 49.8 Å². The number of hydrogen-bond donors (Lipinski definition) is 0. The molecule has 1 saturated heterocycles. The molecule has 1 atom stereocenters. The Labute approximate surface area is 141 Å². The summed E-state index contributed by atoms with van der Waals surface area (Å²) in [7, 11) is 2.13. The van der Waals surface area contributed by atoms with Gasteiger partial charge in [-0.3, -0.25) is 9.80 Å². The number of aryl methyl sites for hydroxylation is 1. The van der Waals surface area contributed by atoms with Crippen LogP contribution in [0, 0.1) is 0 Å². The van der Waals surface area contributed by atoms with E-state index in [2.05, 4.69) is 42.5 Å². The van der Waals surface area contributed by atoms with Crippen LogP contribution in [0.3, 0.4) is 0 Å². The number of aromatic nitrogens is 6. The van der Waals surface area contributed by atoms with Gasteiger partial charge in [-0.15, -0.1) is 5.10 Å². The second kappa shape index (κ2) is 6.56. The Bertz CT molecular complexity index is 679. The fraction of sp³-hybridized carbons (Fsp3) is 0.800. The molecule has 3 heterocycles. The van der Waals surface area contributed by atoms with Crippen LogP contribution < -0.4 is 0 Å². The summed E-state index contributed by atoms with van der Waals surface area (Å²) in [4.78, 5) is 9.14. The molecule has 24 heavy (non-hydrogen) atoms. The molecule has 1 aliphatic heterocycles. The van der Waals surface area contributed by atoms with Crippen molar-refractivity contribution in [1.29, 1.82) is 0 Å². The van der Waals surface area contributed by atoms with Gasteiger partial charge in [0.05, 0.1) is 19.1 Å². The maximum absolute atomic E-state index is 5.19. The first-order valence-electron chi connectivity index (χ1n) is 8.73. The molecule has 0 amide bonds. The van der Waals surface area contributed by atoms with Crippen molar-refractivity contribution < 1.29 is 4.52 Å². The van der Waals surface area contributed by atoms with Crippen LogP contribution in [0.15, 0.2) is 4.52 Å². The van der Waals surface area contributed by atoms with E-state index in [9.17, 15) is 0 Å². The standard InChI is InChI=1S/C15H24N8O/c1-3-15-16-13(18-24-15)9-21(2)12-6-7-22(8-12)10-14-17-19-20-23(14)11-4-5-11/h11-12H,3-10H2,1-2H3/t12-/m0/s1. The number of hydrogen-bond acceptors (Lipinski definition) is 8. The maximum atomic E-state index is 5.19. The van der Waals surface area contributed by atoms with Gasteiger partial charge in [0.25, 0.3) is 0 Å². The lowest BCUT2D eigenvalue weighted by Crippen LogP contribution is -2.34. The lowest BCUT2D eigenvalue weighted by atomic mass is 10.2. The number of likely N-dealkylation sites (N-methyl/N-ethyl adjacent to an activating group) is 1. The summed E-state index contributed by atoms with van der Waals surface area (Å²) >= 11 is 0. The summed E-state index contributed by atoms with van der Waals surface area (Å²) in [6.07, 6.45) is 4.32. The Balaban J connectivity index is 1.31. The van der Waals surface area contributed by atoms with Gasteiger partial charge in [-0.1, -0.05) is 12.1 Å². The predicted octanol–water partition coefficient (Wildman–Crippen LogP) is 0.660. The Morgan fingerprint density at radius 3 is 2.92 bits per heavy atom. The predicted molar refractivity (Wildman–Crippen MR) is 84.9 cm³/mol. The third kappa shape index (κ3) is 3.32. The van der Waals surface area contributed by atoms with Crippen molar-refractivity contribution in [3.63, 3.8) is 0 Å². The third-order valence-corrected chi connectivity index (χ3v) is 4.89. The van der Waals surface area contributed by atoms with Gasteiger partial charge in [-0.2, -0.15) is 4.98 Å². The van der Waals surface area contributed by atoms with E-state index in [0.717, 1.165) is 50.7 Å². The number of nitrogens with zero attached hydrogens (tertiary/aromatic N) is 8. The minimum absolute atomic E-state index is 0.499. The minimum atomic E-state index is 0.499. The van der Waals surface area contributed by atoms with E-state index in [0.29, 0.717) is 18.0 Å². The molecular formula is C15H24N8O.